The van der Waals surface area contributed by atoms with E-state index in [4.69, 9.17) is 4.74 Å². The molecule has 0 saturated carbocycles. The number of thiophene rings is 1. The van der Waals surface area contributed by atoms with Gasteiger partial charge in [0.1, 0.15) is 0 Å². The maximum absolute atomic E-state index is 12.6. The van der Waals surface area contributed by atoms with Gasteiger partial charge in [-0.25, -0.2) is 0 Å². The summed E-state index contributed by atoms with van der Waals surface area (Å²) in [5.74, 6) is -0.740. The molecule has 0 spiro atoms. The quantitative estimate of drug-likeness (QED) is 0.652. The monoisotopic (exact) mass is 369 g/mol. The lowest BCUT2D eigenvalue weighted by atomic mass is 10.0. The van der Waals surface area contributed by atoms with E-state index in [1.807, 2.05) is 48.7 Å². The molecule has 6 nitrogen and oxygen atoms in total. The fourth-order valence-electron chi connectivity index (χ4n) is 2.53. The Labute approximate surface area is 155 Å². The zero-order valence-corrected chi connectivity index (χ0v) is 15.3. The van der Waals surface area contributed by atoms with Crippen LogP contribution in [0.3, 0.4) is 0 Å². The molecule has 2 N–H and O–H groups in total. The Morgan fingerprint density at radius 1 is 1.27 bits per heavy atom. The van der Waals surface area contributed by atoms with Gasteiger partial charge >= 0.3 is 5.97 Å². The molecule has 1 amide bonds. The molecule has 0 bridgehead atoms. The Hall–Kier alpha value is -2.93. The Kier molecular flexibility index (Phi) is 5.48. The molecule has 0 radical (unpaired) electrons. The van der Waals surface area contributed by atoms with Gasteiger partial charge in [0.25, 0.3) is 5.91 Å². The number of aromatic nitrogens is 2. The van der Waals surface area contributed by atoms with E-state index in [2.05, 4.69) is 15.5 Å². The van der Waals surface area contributed by atoms with Gasteiger partial charge < -0.3 is 10.1 Å². The molecule has 0 fully saturated rings. The normalized spacial score (nSPS) is 11.8. The maximum Gasteiger partial charge on any atom is 0.307 e. The van der Waals surface area contributed by atoms with Gasteiger partial charge in [-0.05, 0) is 30.0 Å². The second-order valence-corrected chi connectivity index (χ2v) is 6.81. The van der Waals surface area contributed by atoms with E-state index in [0.717, 1.165) is 21.7 Å². The summed E-state index contributed by atoms with van der Waals surface area (Å²) in [4.78, 5) is 25.4. The highest BCUT2D eigenvalue weighted by atomic mass is 32.1. The van der Waals surface area contributed by atoms with E-state index in [0.29, 0.717) is 0 Å². The van der Waals surface area contributed by atoms with Crippen LogP contribution in [0.4, 0.5) is 0 Å². The Morgan fingerprint density at radius 2 is 2.04 bits per heavy atom. The van der Waals surface area contributed by atoms with Gasteiger partial charge in [0, 0.05) is 0 Å². The van der Waals surface area contributed by atoms with Crippen molar-refractivity contribution in [1.82, 2.24) is 15.5 Å². The van der Waals surface area contributed by atoms with E-state index >= 15 is 0 Å². The molecule has 1 unspecified atom stereocenters. The van der Waals surface area contributed by atoms with Gasteiger partial charge in [-0.2, -0.15) is 5.10 Å². The number of ether oxygens (including phenoxy) is 1. The maximum atomic E-state index is 12.6. The smallest absolute Gasteiger partial charge is 0.307 e. The molecule has 1 aromatic carbocycles. The lowest BCUT2D eigenvalue weighted by Gasteiger charge is -2.17. The summed E-state index contributed by atoms with van der Waals surface area (Å²) in [6.45, 7) is 1.98. The third-order valence-corrected chi connectivity index (χ3v) is 4.88. The molecule has 2 heterocycles. The van der Waals surface area contributed by atoms with Crippen molar-refractivity contribution in [2.75, 3.05) is 7.11 Å². The minimum absolute atomic E-state index is 0.0491. The minimum atomic E-state index is -0.488. The van der Waals surface area contributed by atoms with Crippen molar-refractivity contribution in [3.8, 4) is 10.6 Å². The van der Waals surface area contributed by atoms with Crippen molar-refractivity contribution in [1.29, 1.82) is 0 Å². The number of carbonyl (C=O) groups is 2. The molecule has 134 valence electrons. The largest absolute Gasteiger partial charge is 0.469 e. The predicted molar refractivity (Wildman–Crippen MR) is 99.9 cm³/mol. The summed E-state index contributed by atoms with van der Waals surface area (Å²) in [6, 6.07) is 12.8. The number of nitrogens with one attached hydrogen (secondary N) is 2. The second-order valence-electron chi connectivity index (χ2n) is 5.86. The van der Waals surface area contributed by atoms with Gasteiger partial charge in [0.2, 0.25) is 0 Å². The van der Waals surface area contributed by atoms with E-state index in [1.54, 1.807) is 17.4 Å². The molecule has 3 rings (SSSR count). The van der Waals surface area contributed by atoms with Crippen molar-refractivity contribution in [3.05, 3.63) is 64.7 Å². The highest BCUT2D eigenvalue weighted by Gasteiger charge is 2.21. The Morgan fingerprint density at radius 3 is 2.69 bits per heavy atom. The molecule has 0 saturated heterocycles. The number of hydrogen-bond acceptors (Lipinski definition) is 5. The van der Waals surface area contributed by atoms with Gasteiger partial charge in [-0.1, -0.05) is 35.9 Å². The molecule has 0 aliphatic carbocycles. The van der Waals surface area contributed by atoms with E-state index < -0.39 is 12.0 Å². The van der Waals surface area contributed by atoms with Crippen LogP contribution in [0.5, 0.6) is 0 Å². The number of benzene rings is 1. The van der Waals surface area contributed by atoms with Crippen LogP contribution in [0.2, 0.25) is 0 Å². The van der Waals surface area contributed by atoms with Gasteiger partial charge in [0.15, 0.2) is 5.69 Å². The van der Waals surface area contributed by atoms with Crippen LogP contribution in [0.15, 0.2) is 47.8 Å². The average molecular weight is 369 g/mol. The number of methoxy groups -OCH3 is 1. The number of esters is 1. The van der Waals surface area contributed by atoms with E-state index in [1.165, 1.54) is 7.11 Å². The van der Waals surface area contributed by atoms with Crippen molar-refractivity contribution in [3.63, 3.8) is 0 Å². The highest BCUT2D eigenvalue weighted by Crippen LogP contribution is 2.24. The highest BCUT2D eigenvalue weighted by molar-refractivity contribution is 7.13. The molecule has 3 aromatic rings. The third kappa shape index (κ3) is 4.18. The Bertz CT molecular complexity index is 885. The number of H-pyrrole nitrogens is 1. The number of nitrogens with zero attached hydrogens (tertiary/aromatic N) is 1. The zero-order chi connectivity index (χ0) is 18.5. The van der Waals surface area contributed by atoms with Crippen LogP contribution in [-0.2, 0) is 9.53 Å². The molecule has 2 aromatic heterocycles. The first-order chi connectivity index (χ1) is 12.6. The number of rotatable bonds is 6. The molecular formula is C19H19N3O3S. The summed E-state index contributed by atoms with van der Waals surface area (Å²) >= 11 is 1.56. The van der Waals surface area contributed by atoms with Gasteiger partial charge in [-0.15, -0.1) is 11.3 Å². The first-order valence-electron chi connectivity index (χ1n) is 8.10. The molecule has 0 aliphatic rings. The van der Waals surface area contributed by atoms with Crippen LogP contribution in [-0.4, -0.2) is 29.2 Å². The number of amides is 1. The first-order valence-corrected chi connectivity index (χ1v) is 8.98. The zero-order valence-electron chi connectivity index (χ0n) is 14.5. The molecule has 7 heteroatoms. The second kappa shape index (κ2) is 7.97. The van der Waals surface area contributed by atoms with Gasteiger partial charge in [0.05, 0.1) is 30.1 Å². The van der Waals surface area contributed by atoms with Crippen LogP contribution in [0.1, 0.15) is 34.1 Å². The number of aromatic amines is 1. The molecule has 0 aliphatic heterocycles. The summed E-state index contributed by atoms with van der Waals surface area (Å²) in [5.41, 5.74) is 2.99. The lowest BCUT2D eigenvalue weighted by molar-refractivity contribution is -0.141. The summed E-state index contributed by atoms with van der Waals surface area (Å²) in [7, 11) is 1.33. The number of aryl methyl sites for hydroxylation is 1. The lowest BCUT2D eigenvalue weighted by Crippen LogP contribution is -2.30. The summed E-state index contributed by atoms with van der Waals surface area (Å²) in [5, 5.41) is 11.8. The first kappa shape index (κ1) is 17.9. The average Bonchev–Trinajstić information content (AvgIpc) is 3.33. The summed E-state index contributed by atoms with van der Waals surface area (Å²) in [6.07, 6.45) is 0.0491. The number of hydrogen-bond donors (Lipinski definition) is 2. The van der Waals surface area contributed by atoms with Crippen LogP contribution < -0.4 is 5.32 Å². The summed E-state index contributed by atoms with van der Waals surface area (Å²) < 4.78 is 4.76. The van der Waals surface area contributed by atoms with Crippen molar-refractivity contribution < 1.29 is 14.3 Å². The van der Waals surface area contributed by atoms with Crippen molar-refractivity contribution >= 4 is 23.2 Å². The third-order valence-electron chi connectivity index (χ3n) is 3.98. The van der Waals surface area contributed by atoms with Crippen LogP contribution in [0, 0.1) is 6.92 Å². The SMILES string of the molecule is COC(=O)CC(NC(=O)c1cc(-c2cccs2)[nH]n1)c1ccc(C)cc1. The standard InChI is InChI=1S/C19H19N3O3S/c1-12-5-7-13(8-6-12)14(11-18(23)25-2)20-19(24)16-10-15(21-22-16)17-4-3-9-26-17/h3-10,14H,11H2,1-2H3,(H,20,24)(H,21,22). The number of carbonyl (C=O) groups excluding carboxylic acids is 2. The topological polar surface area (TPSA) is 84.1 Å². The van der Waals surface area contributed by atoms with E-state index in [-0.39, 0.29) is 18.0 Å². The fourth-order valence-corrected chi connectivity index (χ4v) is 3.22. The fraction of sp³-hybridized carbons (Fsp3) is 0.211. The van der Waals surface area contributed by atoms with Gasteiger partial charge in [-0.3, -0.25) is 14.7 Å². The van der Waals surface area contributed by atoms with E-state index in [9.17, 15) is 9.59 Å². The van der Waals surface area contributed by atoms with Crippen molar-refractivity contribution in [2.45, 2.75) is 19.4 Å². The van der Waals surface area contributed by atoms with Crippen LogP contribution >= 0.6 is 11.3 Å². The van der Waals surface area contributed by atoms with Crippen LogP contribution in [0.25, 0.3) is 10.6 Å². The predicted octanol–water partition coefficient (Wildman–Crippen LogP) is 3.48. The molecule has 1 atom stereocenters. The minimum Gasteiger partial charge on any atom is -0.469 e. The molecular weight excluding hydrogens is 350 g/mol. The Balaban J connectivity index is 1.78. The molecule has 26 heavy (non-hydrogen) atoms. The van der Waals surface area contributed by atoms with Crippen molar-refractivity contribution in [2.24, 2.45) is 0 Å².